The van der Waals surface area contributed by atoms with E-state index in [2.05, 4.69) is 14.9 Å². The van der Waals surface area contributed by atoms with E-state index in [1.165, 1.54) is 0 Å². The van der Waals surface area contributed by atoms with Gasteiger partial charge in [0.1, 0.15) is 5.75 Å². The maximum atomic E-state index is 13.0. The number of nitrogens with zero attached hydrogens (tertiary/aromatic N) is 3. The summed E-state index contributed by atoms with van der Waals surface area (Å²) < 4.78 is 36.1. The summed E-state index contributed by atoms with van der Waals surface area (Å²) in [7, 11) is -3.75. The number of rotatable bonds is 6. The second-order valence-electron chi connectivity index (χ2n) is 7.03. The fourth-order valence-electron chi connectivity index (χ4n) is 3.34. The highest BCUT2D eigenvalue weighted by atomic mass is 32.2. The number of aromatic nitrogens is 3. The van der Waals surface area contributed by atoms with Gasteiger partial charge in [-0.2, -0.15) is 0 Å². The molecule has 0 saturated heterocycles. The molecule has 5 rings (SSSR count). The molecule has 0 unspecified atom stereocenters. The molecule has 0 bridgehead atoms. The Hall–Kier alpha value is -4.17. The molecule has 32 heavy (non-hydrogen) atoms. The molecule has 0 aliphatic heterocycles. The Morgan fingerprint density at radius 3 is 2.25 bits per heavy atom. The Kier molecular flexibility index (Phi) is 5.04. The Bertz CT molecular complexity index is 1460. The molecule has 0 spiro atoms. The molecular formula is C24H18N4O3S. The van der Waals surface area contributed by atoms with Crippen molar-refractivity contribution in [1.82, 2.24) is 14.8 Å². The van der Waals surface area contributed by atoms with Gasteiger partial charge in [0.15, 0.2) is 5.82 Å². The Morgan fingerprint density at radius 2 is 1.50 bits per heavy atom. The lowest BCUT2D eigenvalue weighted by Crippen LogP contribution is -2.13. The summed E-state index contributed by atoms with van der Waals surface area (Å²) in [6, 6.07) is 26.5. The van der Waals surface area contributed by atoms with Gasteiger partial charge >= 0.3 is 0 Å². The summed E-state index contributed by atoms with van der Waals surface area (Å²) in [5, 5.41) is 9.75. The zero-order chi connectivity index (χ0) is 22.0. The molecule has 0 radical (unpaired) electrons. The SMILES string of the molecule is O=S(=O)(Nc1ccc(Oc2ccc(-n3cccc3)nn2)cc1)c1cccc2ccccc12. The number of fused-ring (bicyclic) bond motifs is 1. The smallest absolute Gasteiger partial charge is 0.262 e. The summed E-state index contributed by atoms with van der Waals surface area (Å²) >= 11 is 0. The molecule has 2 heterocycles. The summed E-state index contributed by atoms with van der Waals surface area (Å²) in [5.41, 5.74) is 0.430. The predicted octanol–water partition coefficient (Wildman–Crippen LogP) is 5.01. The van der Waals surface area contributed by atoms with Crippen LogP contribution in [0.3, 0.4) is 0 Å². The molecule has 8 heteroatoms. The lowest BCUT2D eigenvalue weighted by atomic mass is 10.1. The van der Waals surface area contributed by atoms with Crippen LogP contribution in [0.4, 0.5) is 5.69 Å². The van der Waals surface area contributed by atoms with E-state index in [0.29, 0.717) is 28.5 Å². The third-order valence-electron chi connectivity index (χ3n) is 4.86. The molecule has 5 aromatic rings. The van der Waals surface area contributed by atoms with Gasteiger partial charge in [0.25, 0.3) is 10.0 Å². The van der Waals surface area contributed by atoms with E-state index in [-0.39, 0.29) is 4.90 Å². The van der Waals surface area contributed by atoms with Crippen LogP contribution in [-0.2, 0) is 10.0 Å². The highest BCUT2D eigenvalue weighted by Gasteiger charge is 2.17. The van der Waals surface area contributed by atoms with Crippen molar-refractivity contribution in [3.05, 3.63) is 103 Å². The monoisotopic (exact) mass is 442 g/mol. The molecule has 3 aromatic carbocycles. The fourth-order valence-corrected chi connectivity index (χ4v) is 4.63. The van der Waals surface area contributed by atoms with Gasteiger partial charge in [-0.25, -0.2) is 8.42 Å². The van der Waals surface area contributed by atoms with Crippen LogP contribution >= 0.6 is 0 Å². The van der Waals surface area contributed by atoms with Crippen LogP contribution < -0.4 is 9.46 Å². The van der Waals surface area contributed by atoms with Crippen molar-refractivity contribution >= 4 is 26.5 Å². The zero-order valence-corrected chi connectivity index (χ0v) is 17.6. The third kappa shape index (κ3) is 4.03. The van der Waals surface area contributed by atoms with E-state index < -0.39 is 10.0 Å². The van der Waals surface area contributed by atoms with Crippen molar-refractivity contribution in [2.24, 2.45) is 0 Å². The molecule has 7 nitrogen and oxygen atoms in total. The molecule has 0 fully saturated rings. The molecule has 0 aliphatic carbocycles. The summed E-state index contributed by atoms with van der Waals surface area (Å²) in [6.07, 6.45) is 3.76. The molecule has 0 saturated carbocycles. The van der Waals surface area contributed by atoms with Gasteiger partial charge in [0.2, 0.25) is 5.88 Å². The predicted molar refractivity (Wildman–Crippen MR) is 123 cm³/mol. The third-order valence-corrected chi connectivity index (χ3v) is 6.30. The first kappa shape index (κ1) is 19.8. The van der Waals surface area contributed by atoms with Crippen LogP contribution in [0.25, 0.3) is 16.6 Å². The summed E-state index contributed by atoms with van der Waals surface area (Å²) in [5.74, 6) is 1.53. The topological polar surface area (TPSA) is 86.1 Å². The van der Waals surface area contributed by atoms with E-state index in [1.807, 2.05) is 53.4 Å². The van der Waals surface area contributed by atoms with Crippen molar-refractivity contribution in [3.63, 3.8) is 0 Å². The molecule has 0 aliphatic rings. The van der Waals surface area contributed by atoms with E-state index >= 15 is 0 Å². The van der Waals surface area contributed by atoms with Crippen molar-refractivity contribution in [1.29, 1.82) is 0 Å². The normalized spacial score (nSPS) is 11.4. The van der Waals surface area contributed by atoms with Crippen molar-refractivity contribution in [2.45, 2.75) is 4.90 Å². The average Bonchev–Trinajstić information content (AvgIpc) is 3.35. The number of hydrogen-bond acceptors (Lipinski definition) is 5. The lowest BCUT2D eigenvalue weighted by Gasteiger charge is -2.11. The summed E-state index contributed by atoms with van der Waals surface area (Å²) in [4.78, 5) is 0.231. The van der Waals surface area contributed by atoms with Gasteiger partial charge in [-0.05, 0) is 53.9 Å². The lowest BCUT2D eigenvalue weighted by molar-refractivity contribution is 0.454. The minimum atomic E-state index is -3.75. The first-order valence-corrected chi connectivity index (χ1v) is 11.3. The average molecular weight is 443 g/mol. The molecule has 0 atom stereocenters. The van der Waals surface area contributed by atoms with Gasteiger partial charge in [0, 0.05) is 29.5 Å². The zero-order valence-electron chi connectivity index (χ0n) is 16.8. The van der Waals surface area contributed by atoms with E-state index in [0.717, 1.165) is 5.39 Å². The minimum absolute atomic E-state index is 0.231. The van der Waals surface area contributed by atoms with Crippen molar-refractivity contribution < 1.29 is 13.2 Å². The molecule has 2 aromatic heterocycles. The minimum Gasteiger partial charge on any atom is -0.438 e. The largest absolute Gasteiger partial charge is 0.438 e. The number of benzene rings is 3. The highest BCUT2D eigenvalue weighted by Crippen LogP contribution is 2.26. The van der Waals surface area contributed by atoms with E-state index in [1.54, 1.807) is 54.6 Å². The second-order valence-corrected chi connectivity index (χ2v) is 8.68. The Labute approximate surface area is 185 Å². The number of nitrogens with one attached hydrogen (secondary N) is 1. The molecule has 158 valence electrons. The first-order chi connectivity index (χ1) is 15.6. The quantitative estimate of drug-likeness (QED) is 0.399. The van der Waals surface area contributed by atoms with Gasteiger partial charge in [-0.3, -0.25) is 4.72 Å². The maximum Gasteiger partial charge on any atom is 0.262 e. The van der Waals surface area contributed by atoms with Crippen LogP contribution in [0.1, 0.15) is 0 Å². The number of anilines is 1. The second kappa shape index (κ2) is 8.16. The van der Waals surface area contributed by atoms with E-state index in [4.69, 9.17) is 4.74 Å². The van der Waals surface area contributed by atoms with Crippen LogP contribution in [0.15, 0.2) is 108 Å². The highest BCUT2D eigenvalue weighted by molar-refractivity contribution is 7.93. The van der Waals surface area contributed by atoms with Gasteiger partial charge in [-0.15, -0.1) is 10.2 Å². The number of hydrogen-bond donors (Lipinski definition) is 1. The summed E-state index contributed by atoms with van der Waals surface area (Å²) in [6.45, 7) is 0. The standard InChI is InChI=1S/C24H18N4O3S/c29-32(30,22-9-5-7-18-6-1-2-8-21(18)22)27-19-10-12-20(13-11-19)31-24-15-14-23(25-26-24)28-16-3-4-17-28/h1-17,27H. The van der Waals surface area contributed by atoms with Crippen molar-refractivity contribution in [2.75, 3.05) is 4.72 Å². The number of sulfonamides is 1. The van der Waals surface area contributed by atoms with Crippen LogP contribution in [0.2, 0.25) is 0 Å². The number of ether oxygens (including phenoxy) is 1. The van der Waals surface area contributed by atoms with Gasteiger partial charge in [0.05, 0.1) is 4.90 Å². The molecule has 0 amide bonds. The Balaban J connectivity index is 1.31. The van der Waals surface area contributed by atoms with Gasteiger partial charge < -0.3 is 9.30 Å². The maximum absolute atomic E-state index is 13.0. The van der Waals surface area contributed by atoms with Gasteiger partial charge in [-0.1, -0.05) is 36.4 Å². The van der Waals surface area contributed by atoms with Crippen LogP contribution in [0, 0.1) is 0 Å². The van der Waals surface area contributed by atoms with Crippen LogP contribution in [-0.4, -0.2) is 23.2 Å². The van der Waals surface area contributed by atoms with Crippen LogP contribution in [0.5, 0.6) is 11.6 Å². The fraction of sp³-hybridized carbons (Fsp3) is 0. The van der Waals surface area contributed by atoms with Crippen molar-refractivity contribution in [3.8, 4) is 17.4 Å². The Morgan fingerprint density at radius 1 is 0.750 bits per heavy atom. The molecular weight excluding hydrogens is 424 g/mol. The first-order valence-electron chi connectivity index (χ1n) is 9.84. The molecule has 1 N–H and O–H groups in total. The van der Waals surface area contributed by atoms with E-state index in [9.17, 15) is 8.42 Å².